The lowest BCUT2D eigenvalue weighted by atomic mass is 10.2. The van der Waals surface area contributed by atoms with Crippen LogP contribution in [-0.2, 0) is 9.59 Å². The van der Waals surface area contributed by atoms with Crippen LogP contribution in [0.25, 0.3) is 0 Å². The fraction of sp³-hybridized carbons (Fsp3) is 0.529. The number of hydrogen-bond acceptors (Lipinski definition) is 4. The van der Waals surface area contributed by atoms with Gasteiger partial charge in [-0.3, -0.25) is 9.59 Å². The Morgan fingerprint density at radius 2 is 1.91 bits per heavy atom. The highest BCUT2D eigenvalue weighted by molar-refractivity contribution is 5.95. The molecule has 1 N–H and O–H groups in total. The normalized spacial score (nSPS) is 14.4. The lowest BCUT2D eigenvalue weighted by Crippen LogP contribution is -2.42. The second-order valence-electron chi connectivity index (χ2n) is 5.70. The second-order valence-corrected chi connectivity index (χ2v) is 5.70. The van der Waals surface area contributed by atoms with Crippen molar-refractivity contribution in [3.63, 3.8) is 0 Å². The Morgan fingerprint density at radius 1 is 1.22 bits per heavy atom. The quantitative estimate of drug-likeness (QED) is 0.874. The van der Waals surface area contributed by atoms with E-state index in [0.29, 0.717) is 17.2 Å². The molecule has 1 aliphatic carbocycles. The van der Waals surface area contributed by atoms with Crippen molar-refractivity contribution in [2.75, 3.05) is 26.1 Å². The minimum absolute atomic E-state index is 0.0613. The average molecular weight is 320 g/mol. The van der Waals surface area contributed by atoms with Gasteiger partial charge in [0, 0.05) is 19.0 Å². The maximum absolute atomic E-state index is 12.3. The molecule has 23 heavy (non-hydrogen) atoms. The van der Waals surface area contributed by atoms with E-state index in [1.165, 1.54) is 14.0 Å². The fourth-order valence-electron chi connectivity index (χ4n) is 2.96. The number of benzene rings is 1. The van der Waals surface area contributed by atoms with Gasteiger partial charge in [-0.05, 0) is 25.0 Å². The first-order valence-corrected chi connectivity index (χ1v) is 7.84. The number of amides is 2. The van der Waals surface area contributed by atoms with Crippen molar-refractivity contribution >= 4 is 17.5 Å². The summed E-state index contributed by atoms with van der Waals surface area (Å²) in [4.78, 5) is 25.8. The molecular weight excluding hydrogens is 296 g/mol. The molecule has 2 amide bonds. The molecule has 2 rings (SSSR count). The van der Waals surface area contributed by atoms with E-state index in [0.717, 1.165) is 25.7 Å². The van der Waals surface area contributed by atoms with Crippen LogP contribution in [0.15, 0.2) is 18.2 Å². The Kier molecular flexibility index (Phi) is 5.84. The smallest absolute Gasteiger partial charge is 0.244 e. The van der Waals surface area contributed by atoms with Crippen molar-refractivity contribution in [2.45, 2.75) is 38.6 Å². The van der Waals surface area contributed by atoms with E-state index < -0.39 is 0 Å². The van der Waals surface area contributed by atoms with Crippen LogP contribution in [0.2, 0.25) is 0 Å². The summed E-state index contributed by atoms with van der Waals surface area (Å²) >= 11 is 0. The molecule has 1 fully saturated rings. The first kappa shape index (κ1) is 17.1. The SMILES string of the molecule is COc1ccc(NC(=O)CN(C(C)=O)C2CCCC2)c(OC)c1. The third-order valence-corrected chi connectivity index (χ3v) is 4.17. The summed E-state index contributed by atoms with van der Waals surface area (Å²) < 4.78 is 10.4. The van der Waals surface area contributed by atoms with Crippen molar-refractivity contribution in [2.24, 2.45) is 0 Å². The van der Waals surface area contributed by atoms with E-state index >= 15 is 0 Å². The van der Waals surface area contributed by atoms with Gasteiger partial charge in [-0.2, -0.15) is 0 Å². The van der Waals surface area contributed by atoms with Gasteiger partial charge in [0.2, 0.25) is 11.8 Å². The van der Waals surface area contributed by atoms with E-state index in [4.69, 9.17) is 9.47 Å². The molecule has 0 spiro atoms. The Bertz CT molecular complexity index is 568. The summed E-state index contributed by atoms with van der Waals surface area (Å²) in [6.07, 6.45) is 4.17. The maximum atomic E-state index is 12.3. The topological polar surface area (TPSA) is 67.9 Å². The van der Waals surface area contributed by atoms with Crippen LogP contribution in [0.4, 0.5) is 5.69 Å². The van der Waals surface area contributed by atoms with Gasteiger partial charge in [-0.1, -0.05) is 12.8 Å². The molecule has 0 aliphatic heterocycles. The number of anilines is 1. The number of methoxy groups -OCH3 is 2. The summed E-state index contributed by atoms with van der Waals surface area (Å²) in [5.74, 6) is 0.883. The van der Waals surface area contributed by atoms with E-state index in [1.807, 2.05) is 0 Å². The lowest BCUT2D eigenvalue weighted by molar-refractivity contribution is -0.135. The van der Waals surface area contributed by atoms with Gasteiger partial charge in [0.15, 0.2) is 0 Å². The minimum atomic E-state index is -0.226. The molecule has 1 aromatic carbocycles. The van der Waals surface area contributed by atoms with Crippen molar-refractivity contribution in [3.8, 4) is 11.5 Å². The van der Waals surface area contributed by atoms with Gasteiger partial charge in [-0.25, -0.2) is 0 Å². The van der Waals surface area contributed by atoms with Gasteiger partial charge in [-0.15, -0.1) is 0 Å². The van der Waals surface area contributed by atoms with E-state index in [1.54, 1.807) is 30.2 Å². The molecule has 0 radical (unpaired) electrons. The number of rotatable bonds is 6. The first-order chi connectivity index (χ1) is 11.0. The van der Waals surface area contributed by atoms with E-state index in [9.17, 15) is 9.59 Å². The zero-order valence-electron chi connectivity index (χ0n) is 13.9. The van der Waals surface area contributed by atoms with Gasteiger partial charge in [0.25, 0.3) is 0 Å². The van der Waals surface area contributed by atoms with Crippen LogP contribution in [0.5, 0.6) is 11.5 Å². The van der Waals surface area contributed by atoms with Crippen LogP contribution in [0, 0.1) is 0 Å². The van der Waals surface area contributed by atoms with Crippen molar-refractivity contribution in [1.29, 1.82) is 0 Å². The largest absolute Gasteiger partial charge is 0.497 e. The number of carbonyl (C=O) groups is 2. The average Bonchev–Trinajstić information content (AvgIpc) is 3.06. The van der Waals surface area contributed by atoms with Gasteiger partial charge >= 0.3 is 0 Å². The van der Waals surface area contributed by atoms with Crippen LogP contribution >= 0.6 is 0 Å². The number of nitrogens with zero attached hydrogens (tertiary/aromatic N) is 1. The molecule has 0 saturated heterocycles. The highest BCUT2D eigenvalue weighted by atomic mass is 16.5. The first-order valence-electron chi connectivity index (χ1n) is 7.84. The van der Waals surface area contributed by atoms with Crippen molar-refractivity contribution < 1.29 is 19.1 Å². The number of nitrogens with one attached hydrogen (secondary N) is 1. The van der Waals surface area contributed by atoms with Crippen molar-refractivity contribution in [3.05, 3.63) is 18.2 Å². The van der Waals surface area contributed by atoms with Gasteiger partial charge in [0.05, 0.1) is 19.9 Å². The molecule has 0 aromatic heterocycles. The zero-order valence-corrected chi connectivity index (χ0v) is 13.9. The van der Waals surface area contributed by atoms with Crippen LogP contribution in [0.1, 0.15) is 32.6 Å². The number of hydrogen-bond donors (Lipinski definition) is 1. The maximum Gasteiger partial charge on any atom is 0.244 e. The van der Waals surface area contributed by atoms with Crippen LogP contribution in [-0.4, -0.2) is 43.5 Å². The molecule has 6 heteroatoms. The summed E-state index contributed by atoms with van der Waals surface area (Å²) in [5, 5.41) is 2.81. The van der Waals surface area contributed by atoms with Crippen molar-refractivity contribution in [1.82, 2.24) is 4.90 Å². The molecule has 126 valence electrons. The lowest BCUT2D eigenvalue weighted by Gasteiger charge is -2.27. The summed E-state index contributed by atoms with van der Waals surface area (Å²) in [6, 6.07) is 5.35. The molecule has 0 unspecified atom stereocenters. The van der Waals surface area contributed by atoms with Gasteiger partial charge < -0.3 is 19.7 Å². The Hall–Kier alpha value is -2.24. The Morgan fingerprint density at radius 3 is 2.48 bits per heavy atom. The molecule has 0 atom stereocenters. The van der Waals surface area contributed by atoms with E-state index in [-0.39, 0.29) is 24.4 Å². The van der Waals surface area contributed by atoms with Crippen LogP contribution in [0.3, 0.4) is 0 Å². The monoisotopic (exact) mass is 320 g/mol. The summed E-state index contributed by atoms with van der Waals surface area (Å²) in [5.41, 5.74) is 0.563. The Balaban J connectivity index is 2.04. The third-order valence-electron chi connectivity index (χ3n) is 4.17. The molecule has 0 bridgehead atoms. The molecule has 6 nitrogen and oxygen atoms in total. The third kappa shape index (κ3) is 4.37. The molecule has 0 heterocycles. The molecule has 1 aliphatic rings. The predicted molar refractivity (Wildman–Crippen MR) is 87.8 cm³/mol. The predicted octanol–water partition coefficient (Wildman–Crippen LogP) is 2.43. The zero-order chi connectivity index (χ0) is 16.8. The highest BCUT2D eigenvalue weighted by Crippen LogP contribution is 2.29. The standard InChI is InChI=1S/C17H24N2O4/c1-12(20)19(13-6-4-5-7-13)11-17(21)18-15-9-8-14(22-2)10-16(15)23-3/h8-10,13H,4-7,11H2,1-3H3,(H,18,21). The highest BCUT2D eigenvalue weighted by Gasteiger charge is 2.26. The number of ether oxygens (including phenoxy) is 2. The number of carbonyl (C=O) groups excluding carboxylic acids is 2. The van der Waals surface area contributed by atoms with E-state index in [2.05, 4.69) is 5.32 Å². The molecule has 1 aromatic rings. The van der Waals surface area contributed by atoms with Crippen LogP contribution < -0.4 is 14.8 Å². The summed E-state index contributed by atoms with van der Waals surface area (Å²) in [7, 11) is 3.10. The molecular formula is C17H24N2O4. The Labute approximate surface area is 136 Å². The fourth-order valence-corrected chi connectivity index (χ4v) is 2.96. The molecule has 1 saturated carbocycles. The minimum Gasteiger partial charge on any atom is -0.497 e. The summed E-state index contributed by atoms with van der Waals surface area (Å²) in [6.45, 7) is 1.58. The second kappa shape index (κ2) is 7.85. The van der Waals surface area contributed by atoms with Gasteiger partial charge in [0.1, 0.15) is 18.0 Å².